The number of likely N-dealkylation sites (N-methyl/N-ethyl adjacent to an activating group) is 1. The third kappa shape index (κ3) is 2.17. The number of nitrogens with one attached hydrogen (secondary N) is 1. The minimum absolute atomic E-state index is 0.352. The highest BCUT2D eigenvalue weighted by molar-refractivity contribution is 6.31. The molecule has 0 aliphatic heterocycles. The maximum atomic E-state index is 10.0. The Labute approximate surface area is 46.5 Å². The Kier molecular flexibility index (Phi) is 2.61. The van der Waals surface area contributed by atoms with Crippen molar-refractivity contribution in [3.05, 3.63) is 0 Å². The fourth-order valence-electron chi connectivity index (χ4n) is 0.236. The Bertz CT molecular complexity index is 110. The number of carbonyl (C=O) groups is 2. The number of carbonyl (C=O) groups excluding carboxylic acids is 1. The second kappa shape index (κ2) is 3.01. The Balaban J connectivity index is 3.49. The van der Waals surface area contributed by atoms with E-state index < -0.39 is 11.9 Å². The molecule has 0 atom stereocenters. The first-order valence-electron chi connectivity index (χ1n) is 2.19. The van der Waals surface area contributed by atoms with Crippen LogP contribution in [-0.4, -0.2) is 23.5 Å². The van der Waals surface area contributed by atoms with Crippen LogP contribution in [0.5, 0.6) is 0 Å². The van der Waals surface area contributed by atoms with Gasteiger partial charge in [0, 0.05) is 6.54 Å². The third-order valence-electron chi connectivity index (χ3n) is 0.532. The second-order valence-electron chi connectivity index (χ2n) is 1.16. The number of carboxylic acids is 1. The quantitative estimate of drug-likeness (QED) is 0.442. The van der Waals surface area contributed by atoms with Crippen molar-refractivity contribution in [2.75, 3.05) is 6.54 Å². The molecular weight excluding hydrogens is 110 g/mol. The first-order chi connectivity index (χ1) is 3.68. The Hall–Kier alpha value is -1.06. The van der Waals surface area contributed by atoms with E-state index in [1.807, 2.05) is 0 Å². The van der Waals surface area contributed by atoms with Crippen LogP contribution < -0.4 is 5.32 Å². The third-order valence-corrected chi connectivity index (χ3v) is 0.532. The number of hydrogen-bond donors (Lipinski definition) is 2. The molecule has 0 aliphatic carbocycles. The fourth-order valence-corrected chi connectivity index (χ4v) is 0.236. The SMILES string of the molecule is CCNC(=O)C(=O)O. The lowest BCUT2D eigenvalue weighted by Gasteiger charge is -1.91. The molecule has 0 aromatic heterocycles. The van der Waals surface area contributed by atoms with E-state index >= 15 is 0 Å². The zero-order chi connectivity index (χ0) is 6.57. The van der Waals surface area contributed by atoms with Crippen molar-refractivity contribution in [1.29, 1.82) is 0 Å². The van der Waals surface area contributed by atoms with E-state index in [0.717, 1.165) is 0 Å². The smallest absolute Gasteiger partial charge is 0.394 e. The summed E-state index contributed by atoms with van der Waals surface area (Å²) in [6.45, 7) is 2.01. The highest BCUT2D eigenvalue weighted by Crippen LogP contribution is 1.62. The molecule has 0 saturated carbocycles. The number of carboxylic acid groups (broad SMARTS) is 1. The molecule has 0 fully saturated rings. The van der Waals surface area contributed by atoms with Gasteiger partial charge < -0.3 is 10.4 Å². The van der Waals surface area contributed by atoms with Crippen molar-refractivity contribution in [3.8, 4) is 0 Å². The molecule has 0 aromatic rings. The summed E-state index contributed by atoms with van der Waals surface area (Å²) < 4.78 is 0. The fraction of sp³-hybridized carbons (Fsp3) is 0.500. The highest BCUT2D eigenvalue weighted by Gasteiger charge is 2.06. The predicted octanol–water partition coefficient (Wildman–Crippen LogP) is -0.793. The van der Waals surface area contributed by atoms with E-state index in [1.54, 1.807) is 6.92 Å². The highest BCUT2D eigenvalue weighted by atomic mass is 16.4. The summed E-state index contributed by atoms with van der Waals surface area (Å²) in [4.78, 5) is 19.7. The van der Waals surface area contributed by atoms with Crippen molar-refractivity contribution in [2.24, 2.45) is 0 Å². The normalized spacial score (nSPS) is 8.12. The van der Waals surface area contributed by atoms with Crippen LogP contribution in [-0.2, 0) is 9.59 Å². The standard InChI is InChI=1S/C4H7NO3/c1-2-5-3(6)4(7)8/h2H2,1H3,(H,5,6)(H,7,8). The molecular formula is C4H7NO3. The first kappa shape index (κ1) is 6.94. The van der Waals surface area contributed by atoms with E-state index in [2.05, 4.69) is 5.32 Å². The van der Waals surface area contributed by atoms with Crippen molar-refractivity contribution >= 4 is 11.9 Å². The van der Waals surface area contributed by atoms with Gasteiger partial charge in [-0.3, -0.25) is 4.79 Å². The zero-order valence-corrected chi connectivity index (χ0v) is 4.47. The summed E-state index contributed by atoms with van der Waals surface area (Å²) in [5.74, 6) is -2.39. The molecule has 0 heterocycles. The lowest BCUT2D eigenvalue weighted by molar-refractivity contribution is -0.150. The van der Waals surface area contributed by atoms with Crippen molar-refractivity contribution in [2.45, 2.75) is 6.92 Å². The molecule has 4 nitrogen and oxygen atoms in total. The van der Waals surface area contributed by atoms with Crippen molar-refractivity contribution < 1.29 is 14.7 Å². The topological polar surface area (TPSA) is 66.4 Å². The van der Waals surface area contributed by atoms with Gasteiger partial charge in [0.25, 0.3) is 0 Å². The molecule has 8 heavy (non-hydrogen) atoms. The summed E-state index contributed by atoms with van der Waals surface area (Å²) in [6, 6.07) is 0. The molecule has 0 spiro atoms. The monoisotopic (exact) mass is 117 g/mol. The van der Waals surface area contributed by atoms with Gasteiger partial charge in [0.15, 0.2) is 0 Å². The molecule has 0 rings (SSSR count). The van der Waals surface area contributed by atoms with Gasteiger partial charge in [0.05, 0.1) is 0 Å². The number of aliphatic carboxylic acids is 1. The minimum atomic E-state index is -1.44. The van der Waals surface area contributed by atoms with Crippen LogP contribution in [0.15, 0.2) is 0 Å². The van der Waals surface area contributed by atoms with Crippen molar-refractivity contribution in [3.63, 3.8) is 0 Å². The van der Waals surface area contributed by atoms with Crippen LogP contribution in [0.4, 0.5) is 0 Å². The zero-order valence-electron chi connectivity index (χ0n) is 4.47. The van der Waals surface area contributed by atoms with Gasteiger partial charge in [-0.05, 0) is 6.92 Å². The Morgan fingerprint density at radius 1 is 1.62 bits per heavy atom. The summed E-state index contributed by atoms with van der Waals surface area (Å²) >= 11 is 0. The number of amides is 1. The van der Waals surface area contributed by atoms with E-state index in [1.165, 1.54) is 0 Å². The van der Waals surface area contributed by atoms with E-state index in [0.29, 0.717) is 6.54 Å². The van der Waals surface area contributed by atoms with Gasteiger partial charge in [-0.2, -0.15) is 0 Å². The molecule has 0 aliphatic rings. The van der Waals surface area contributed by atoms with Gasteiger partial charge in [-0.1, -0.05) is 0 Å². The lowest BCUT2D eigenvalue weighted by atomic mass is 10.6. The molecule has 4 heteroatoms. The van der Waals surface area contributed by atoms with Crippen LogP contribution in [0.1, 0.15) is 6.92 Å². The molecule has 0 saturated heterocycles. The average Bonchev–Trinajstić information content (AvgIpc) is 1.67. The molecule has 1 amide bonds. The average molecular weight is 117 g/mol. The summed E-state index contributed by atoms with van der Waals surface area (Å²) in [5, 5.41) is 10.0. The molecule has 2 N–H and O–H groups in total. The van der Waals surface area contributed by atoms with Crippen LogP contribution in [0.25, 0.3) is 0 Å². The molecule has 0 radical (unpaired) electrons. The second-order valence-corrected chi connectivity index (χ2v) is 1.16. The number of rotatable bonds is 1. The largest absolute Gasteiger partial charge is 0.474 e. The van der Waals surface area contributed by atoms with Gasteiger partial charge >= 0.3 is 11.9 Å². The lowest BCUT2D eigenvalue weighted by Crippen LogP contribution is -2.30. The Morgan fingerprint density at radius 2 is 2.12 bits per heavy atom. The predicted molar refractivity (Wildman–Crippen MR) is 26.3 cm³/mol. The molecule has 0 bridgehead atoms. The minimum Gasteiger partial charge on any atom is -0.474 e. The van der Waals surface area contributed by atoms with Gasteiger partial charge in [-0.15, -0.1) is 0 Å². The van der Waals surface area contributed by atoms with Crippen LogP contribution in [0.2, 0.25) is 0 Å². The van der Waals surface area contributed by atoms with E-state index in [9.17, 15) is 9.59 Å². The maximum absolute atomic E-state index is 10.0. The molecule has 46 valence electrons. The van der Waals surface area contributed by atoms with E-state index in [-0.39, 0.29) is 0 Å². The van der Waals surface area contributed by atoms with Crippen LogP contribution >= 0.6 is 0 Å². The number of hydrogen-bond acceptors (Lipinski definition) is 2. The summed E-state index contributed by atoms with van der Waals surface area (Å²) in [7, 11) is 0. The Morgan fingerprint density at radius 3 is 2.25 bits per heavy atom. The van der Waals surface area contributed by atoms with Gasteiger partial charge in [0.2, 0.25) is 0 Å². The molecule has 0 unspecified atom stereocenters. The van der Waals surface area contributed by atoms with Crippen LogP contribution in [0.3, 0.4) is 0 Å². The van der Waals surface area contributed by atoms with Crippen LogP contribution in [0, 0.1) is 0 Å². The van der Waals surface area contributed by atoms with E-state index in [4.69, 9.17) is 5.11 Å². The first-order valence-corrected chi connectivity index (χ1v) is 2.19. The van der Waals surface area contributed by atoms with Crippen molar-refractivity contribution in [1.82, 2.24) is 5.32 Å². The van der Waals surface area contributed by atoms with Gasteiger partial charge in [0.1, 0.15) is 0 Å². The molecule has 0 aromatic carbocycles. The summed E-state index contributed by atoms with van der Waals surface area (Å²) in [5.41, 5.74) is 0. The summed E-state index contributed by atoms with van der Waals surface area (Å²) in [6.07, 6.45) is 0. The maximum Gasteiger partial charge on any atom is 0.394 e. The van der Waals surface area contributed by atoms with Gasteiger partial charge in [-0.25, -0.2) is 4.79 Å².